The predicted molar refractivity (Wildman–Crippen MR) is 157 cm³/mol. The Kier molecular flexibility index (Phi) is 9.84. The minimum atomic E-state index is -0.201. The topological polar surface area (TPSA) is 99.3 Å². The molecule has 0 spiro atoms. The van der Waals surface area contributed by atoms with Gasteiger partial charge in [-0.05, 0) is 72.5 Å². The second-order valence-corrected chi connectivity index (χ2v) is 9.12. The van der Waals surface area contributed by atoms with Crippen LogP contribution in [0.5, 0.6) is 0 Å². The Morgan fingerprint density at radius 3 is 1.21 bits per heavy atom. The van der Waals surface area contributed by atoms with Crippen LogP contribution < -0.4 is 21.3 Å². The van der Waals surface area contributed by atoms with Crippen LogP contribution in [0.1, 0.15) is 24.0 Å². The summed E-state index contributed by atoms with van der Waals surface area (Å²) in [7, 11) is 0. The SMILES string of the molecule is O=C(CCc1ccccc1)Nc1ccc(NCC(=O)Nc2ccc(NC(=O)CCc3ccccc3)cc2)cc1. The van der Waals surface area contributed by atoms with E-state index < -0.39 is 0 Å². The molecule has 4 N–H and O–H groups in total. The molecule has 3 amide bonds. The number of hydrogen-bond acceptors (Lipinski definition) is 4. The van der Waals surface area contributed by atoms with E-state index in [0.29, 0.717) is 42.7 Å². The standard InChI is InChI=1S/C32H32N4O3/c37-30(21-11-24-7-3-1-4-8-24)34-27-15-13-26(14-16-27)33-23-32(39)36-29-19-17-28(18-20-29)35-31(38)22-12-25-9-5-2-6-10-25/h1-10,13-20,33H,11-12,21-23H2,(H,34,37)(H,35,38)(H,36,39). The highest BCUT2D eigenvalue weighted by molar-refractivity contribution is 5.95. The summed E-state index contributed by atoms with van der Waals surface area (Å²) in [5.74, 6) is -0.303. The van der Waals surface area contributed by atoms with Crippen LogP contribution in [0.3, 0.4) is 0 Å². The van der Waals surface area contributed by atoms with Gasteiger partial charge in [0.1, 0.15) is 0 Å². The van der Waals surface area contributed by atoms with Gasteiger partial charge < -0.3 is 21.3 Å². The van der Waals surface area contributed by atoms with Crippen molar-refractivity contribution in [3.8, 4) is 0 Å². The first kappa shape index (κ1) is 27.1. The zero-order valence-corrected chi connectivity index (χ0v) is 21.7. The fourth-order valence-electron chi connectivity index (χ4n) is 3.95. The monoisotopic (exact) mass is 520 g/mol. The van der Waals surface area contributed by atoms with E-state index in [1.165, 1.54) is 0 Å². The number of carbonyl (C=O) groups is 3. The molecule has 7 nitrogen and oxygen atoms in total. The van der Waals surface area contributed by atoms with E-state index in [9.17, 15) is 14.4 Å². The maximum Gasteiger partial charge on any atom is 0.243 e. The molecule has 0 atom stereocenters. The number of rotatable bonds is 12. The summed E-state index contributed by atoms with van der Waals surface area (Å²) >= 11 is 0. The first-order valence-electron chi connectivity index (χ1n) is 12.9. The summed E-state index contributed by atoms with van der Waals surface area (Å²) in [6.07, 6.45) is 2.18. The molecule has 0 aromatic heterocycles. The van der Waals surface area contributed by atoms with Gasteiger partial charge in [0.25, 0.3) is 0 Å². The zero-order chi connectivity index (χ0) is 27.3. The maximum atomic E-state index is 12.4. The molecule has 4 rings (SSSR count). The van der Waals surface area contributed by atoms with Crippen LogP contribution >= 0.6 is 0 Å². The van der Waals surface area contributed by atoms with E-state index in [0.717, 1.165) is 16.8 Å². The van der Waals surface area contributed by atoms with Crippen LogP contribution in [0, 0.1) is 0 Å². The second kappa shape index (κ2) is 14.1. The third-order valence-corrected chi connectivity index (χ3v) is 6.04. The number of benzene rings is 4. The molecule has 0 radical (unpaired) electrons. The Morgan fingerprint density at radius 1 is 0.436 bits per heavy atom. The highest BCUT2D eigenvalue weighted by Crippen LogP contribution is 2.16. The van der Waals surface area contributed by atoms with Crippen molar-refractivity contribution in [3.63, 3.8) is 0 Å². The van der Waals surface area contributed by atoms with E-state index in [4.69, 9.17) is 0 Å². The molecule has 0 fully saturated rings. The third kappa shape index (κ3) is 9.48. The molecule has 4 aromatic carbocycles. The summed E-state index contributed by atoms with van der Waals surface area (Å²) in [5.41, 5.74) is 5.03. The van der Waals surface area contributed by atoms with Crippen LogP contribution in [0.25, 0.3) is 0 Å². The summed E-state index contributed by atoms with van der Waals surface area (Å²) in [4.78, 5) is 36.8. The molecule has 0 saturated carbocycles. The van der Waals surface area contributed by atoms with E-state index in [2.05, 4.69) is 21.3 Å². The van der Waals surface area contributed by atoms with Crippen molar-refractivity contribution < 1.29 is 14.4 Å². The predicted octanol–water partition coefficient (Wildman–Crippen LogP) is 5.88. The lowest BCUT2D eigenvalue weighted by Gasteiger charge is -2.10. The Balaban J connectivity index is 1.15. The van der Waals surface area contributed by atoms with Crippen LogP contribution in [0.4, 0.5) is 22.7 Å². The van der Waals surface area contributed by atoms with Crippen molar-refractivity contribution in [3.05, 3.63) is 120 Å². The summed E-state index contributed by atoms with van der Waals surface area (Å²) in [5, 5.41) is 11.7. The summed E-state index contributed by atoms with van der Waals surface area (Å²) < 4.78 is 0. The Morgan fingerprint density at radius 2 is 0.795 bits per heavy atom. The van der Waals surface area contributed by atoms with Crippen molar-refractivity contribution in [2.45, 2.75) is 25.7 Å². The molecule has 0 aliphatic carbocycles. The molecular formula is C32H32N4O3. The van der Waals surface area contributed by atoms with Crippen molar-refractivity contribution in [1.82, 2.24) is 0 Å². The number of hydrogen-bond donors (Lipinski definition) is 4. The van der Waals surface area contributed by atoms with Gasteiger partial charge in [0, 0.05) is 35.6 Å². The first-order chi connectivity index (χ1) is 19.0. The van der Waals surface area contributed by atoms with E-state index in [-0.39, 0.29) is 24.3 Å². The lowest BCUT2D eigenvalue weighted by atomic mass is 10.1. The van der Waals surface area contributed by atoms with Crippen molar-refractivity contribution in [1.29, 1.82) is 0 Å². The van der Waals surface area contributed by atoms with Crippen LogP contribution in [-0.2, 0) is 27.2 Å². The van der Waals surface area contributed by atoms with Crippen molar-refractivity contribution >= 4 is 40.5 Å². The largest absolute Gasteiger partial charge is 0.376 e. The third-order valence-electron chi connectivity index (χ3n) is 6.04. The van der Waals surface area contributed by atoms with E-state index >= 15 is 0 Å². The molecular weight excluding hydrogens is 488 g/mol. The van der Waals surface area contributed by atoms with Crippen LogP contribution in [0.2, 0.25) is 0 Å². The smallest absolute Gasteiger partial charge is 0.243 e. The van der Waals surface area contributed by atoms with Gasteiger partial charge in [0.2, 0.25) is 17.7 Å². The number of amides is 3. The lowest BCUT2D eigenvalue weighted by Crippen LogP contribution is -2.21. The molecule has 0 saturated heterocycles. The average Bonchev–Trinajstić information content (AvgIpc) is 2.97. The minimum absolute atomic E-state index is 0.0447. The van der Waals surface area contributed by atoms with Gasteiger partial charge in [0.15, 0.2) is 0 Å². The van der Waals surface area contributed by atoms with Crippen LogP contribution in [-0.4, -0.2) is 24.3 Å². The minimum Gasteiger partial charge on any atom is -0.376 e. The Bertz CT molecular complexity index is 1360. The fourth-order valence-corrected chi connectivity index (χ4v) is 3.95. The summed E-state index contributed by atoms with van der Waals surface area (Å²) in [6, 6.07) is 34.0. The first-order valence-corrected chi connectivity index (χ1v) is 12.9. The molecule has 0 aliphatic rings. The van der Waals surface area contributed by atoms with Gasteiger partial charge in [-0.3, -0.25) is 14.4 Å². The molecule has 39 heavy (non-hydrogen) atoms. The fraction of sp³-hybridized carbons (Fsp3) is 0.156. The average molecular weight is 521 g/mol. The quantitative estimate of drug-likeness (QED) is 0.187. The number of nitrogens with one attached hydrogen (secondary N) is 4. The molecule has 0 aliphatic heterocycles. The van der Waals surface area contributed by atoms with E-state index in [1.807, 2.05) is 72.8 Å². The van der Waals surface area contributed by atoms with Gasteiger partial charge in [-0.2, -0.15) is 0 Å². The normalized spacial score (nSPS) is 10.4. The van der Waals surface area contributed by atoms with Crippen molar-refractivity contribution in [2.24, 2.45) is 0 Å². The molecule has 7 heteroatoms. The molecule has 0 unspecified atom stereocenters. The molecule has 198 valence electrons. The second-order valence-electron chi connectivity index (χ2n) is 9.12. The summed E-state index contributed by atoms with van der Waals surface area (Å²) in [6.45, 7) is 0.0841. The lowest BCUT2D eigenvalue weighted by molar-refractivity contribution is -0.117. The maximum absolute atomic E-state index is 12.4. The Hall–Kier alpha value is -4.91. The molecule has 4 aromatic rings. The highest BCUT2D eigenvalue weighted by atomic mass is 16.2. The number of carbonyl (C=O) groups excluding carboxylic acids is 3. The van der Waals surface area contributed by atoms with Crippen molar-refractivity contribution in [2.75, 3.05) is 27.8 Å². The zero-order valence-electron chi connectivity index (χ0n) is 21.7. The molecule has 0 heterocycles. The van der Waals surface area contributed by atoms with Gasteiger partial charge in [0.05, 0.1) is 6.54 Å². The van der Waals surface area contributed by atoms with Gasteiger partial charge in [-0.1, -0.05) is 60.7 Å². The number of anilines is 4. The van der Waals surface area contributed by atoms with Gasteiger partial charge in [-0.25, -0.2) is 0 Å². The molecule has 0 bridgehead atoms. The van der Waals surface area contributed by atoms with Gasteiger partial charge >= 0.3 is 0 Å². The van der Waals surface area contributed by atoms with E-state index in [1.54, 1.807) is 36.4 Å². The highest BCUT2D eigenvalue weighted by Gasteiger charge is 2.07. The Labute approximate surface area is 228 Å². The number of aryl methyl sites for hydroxylation is 2. The van der Waals surface area contributed by atoms with Crippen LogP contribution in [0.15, 0.2) is 109 Å². The van der Waals surface area contributed by atoms with Gasteiger partial charge in [-0.15, -0.1) is 0 Å².